The third-order valence-corrected chi connectivity index (χ3v) is 5.17. The highest BCUT2D eigenvalue weighted by Gasteiger charge is 2.35. The lowest BCUT2D eigenvalue weighted by Gasteiger charge is -2.28. The number of allylic oxidation sites excluding steroid dienone is 1. The topological polar surface area (TPSA) is 104 Å². The predicted octanol–water partition coefficient (Wildman–Crippen LogP) is 3.39. The molecule has 1 atom stereocenters. The molecule has 0 saturated heterocycles. The van der Waals surface area contributed by atoms with Crippen molar-refractivity contribution in [2.75, 3.05) is 19.5 Å². The van der Waals surface area contributed by atoms with E-state index in [0.29, 0.717) is 45.1 Å². The summed E-state index contributed by atoms with van der Waals surface area (Å²) >= 11 is 6.13. The van der Waals surface area contributed by atoms with E-state index in [4.69, 9.17) is 26.8 Å². The lowest BCUT2D eigenvalue weighted by Crippen LogP contribution is -2.32. The molecule has 9 heteroatoms. The van der Waals surface area contributed by atoms with E-state index in [0.717, 1.165) is 5.56 Å². The normalized spacial score (nSPS) is 15.4. The van der Waals surface area contributed by atoms with Crippen molar-refractivity contribution < 1.29 is 14.3 Å². The van der Waals surface area contributed by atoms with Gasteiger partial charge >= 0.3 is 0 Å². The fraction of sp³-hybridized carbons (Fsp3) is 0.190. The third-order valence-electron chi connectivity index (χ3n) is 4.94. The highest BCUT2D eigenvalue weighted by molar-refractivity contribution is 6.30. The maximum absolute atomic E-state index is 12.4. The Labute approximate surface area is 178 Å². The van der Waals surface area contributed by atoms with E-state index in [9.17, 15) is 4.79 Å². The predicted molar refractivity (Wildman–Crippen MR) is 114 cm³/mol. The number of rotatable bonds is 5. The number of aromatic nitrogens is 3. The van der Waals surface area contributed by atoms with Gasteiger partial charge < -0.3 is 20.5 Å². The first-order chi connectivity index (χ1) is 14.4. The van der Waals surface area contributed by atoms with E-state index in [1.165, 1.54) is 0 Å². The summed E-state index contributed by atoms with van der Waals surface area (Å²) in [6, 6.07) is 12.0. The molecule has 1 unspecified atom stereocenters. The number of anilines is 1. The molecule has 0 saturated carbocycles. The maximum Gasteiger partial charge on any atom is 0.248 e. The summed E-state index contributed by atoms with van der Waals surface area (Å²) in [5.74, 6) is 1.56. The van der Waals surface area contributed by atoms with Crippen LogP contribution in [0.25, 0.3) is 11.4 Å². The van der Waals surface area contributed by atoms with Crippen molar-refractivity contribution in [3.05, 3.63) is 64.3 Å². The van der Waals surface area contributed by atoms with Crippen LogP contribution in [0, 0.1) is 0 Å². The van der Waals surface area contributed by atoms with Crippen molar-refractivity contribution in [1.29, 1.82) is 0 Å². The van der Waals surface area contributed by atoms with Gasteiger partial charge in [0, 0.05) is 27.9 Å². The van der Waals surface area contributed by atoms with Gasteiger partial charge in [0.05, 0.1) is 19.8 Å². The Morgan fingerprint density at radius 2 is 2.00 bits per heavy atom. The zero-order chi connectivity index (χ0) is 21.4. The first-order valence-electron chi connectivity index (χ1n) is 9.15. The van der Waals surface area contributed by atoms with Gasteiger partial charge in [-0.1, -0.05) is 23.7 Å². The highest BCUT2D eigenvalue weighted by atomic mass is 35.5. The van der Waals surface area contributed by atoms with Gasteiger partial charge in [-0.15, -0.1) is 5.10 Å². The van der Waals surface area contributed by atoms with E-state index in [2.05, 4.69) is 15.4 Å². The minimum atomic E-state index is -0.625. The van der Waals surface area contributed by atoms with Gasteiger partial charge in [-0.25, -0.2) is 4.68 Å². The van der Waals surface area contributed by atoms with Crippen molar-refractivity contribution in [1.82, 2.24) is 14.8 Å². The number of carbonyl (C=O) groups excluding carboxylic acids is 1. The highest BCUT2D eigenvalue weighted by Crippen LogP contribution is 2.40. The second-order valence-electron chi connectivity index (χ2n) is 6.75. The number of nitrogens with two attached hydrogens (primary N) is 1. The van der Waals surface area contributed by atoms with Crippen LogP contribution in [0.1, 0.15) is 18.5 Å². The van der Waals surface area contributed by atoms with Gasteiger partial charge in [-0.2, -0.15) is 4.98 Å². The van der Waals surface area contributed by atoms with Gasteiger partial charge in [-0.3, -0.25) is 4.79 Å². The first-order valence-corrected chi connectivity index (χ1v) is 9.52. The van der Waals surface area contributed by atoms with Gasteiger partial charge in [0.15, 0.2) is 5.82 Å². The number of primary amides is 1. The number of benzene rings is 2. The number of amides is 1. The van der Waals surface area contributed by atoms with Crippen LogP contribution >= 0.6 is 11.6 Å². The van der Waals surface area contributed by atoms with Crippen LogP contribution < -0.4 is 20.5 Å². The number of hydrogen-bond donors (Lipinski definition) is 2. The number of fused-ring (bicyclic) bond motifs is 1. The van der Waals surface area contributed by atoms with Gasteiger partial charge in [0.2, 0.25) is 11.9 Å². The van der Waals surface area contributed by atoms with E-state index >= 15 is 0 Å². The lowest BCUT2D eigenvalue weighted by atomic mass is 9.94. The molecule has 154 valence electrons. The van der Waals surface area contributed by atoms with E-state index in [1.54, 1.807) is 50.1 Å². The molecule has 0 radical (unpaired) electrons. The Hall–Kier alpha value is -3.52. The molecule has 30 heavy (non-hydrogen) atoms. The Morgan fingerprint density at radius 1 is 1.20 bits per heavy atom. The van der Waals surface area contributed by atoms with Crippen molar-refractivity contribution in [3.8, 4) is 22.9 Å². The number of carbonyl (C=O) groups is 1. The smallest absolute Gasteiger partial charge is 0.248 e. The van der Waals surface area contributed by atoms with Crippen LogP contribution in [0.15, 0.2) is 53.7 Å². The molecular weight excluding hydrogens is 406 g/mol. The monoisotopic (exact) mass is 425 g/mol. The molecule has 2 heterocycles. The number of halogens is 1. The number of hydrogen-bond acceptors (Lipinski definition) is 6. The van der Waals surface area contributed by atoms with Crippen LogP contribution in [0.2, 0.25) is 5.02 Å². The van der Waals surface area contributed by atoms with Crippen molar-refractivity contribution >= 4 is 23.5 Å². The summed E-state index contributed by atoms with van der Waals surface area (Å²) in [6.45, 7) is 1.78. The molecular formula is C21H20ClN5O3. The SMILES string of the molecule is COc1ccc(C2C(C(N)=O)=C(C)Nc3nc(-c4cccc(Cl)c4)nn32)c(OC)c1. The minimum absolute atomic E-state index is 0.369. The van der Waals surface area contributed by atoms with Crippen LogP contribution in [0.5, 0.6) is 11.5 Å². The molecule has 3 aromatic rings. The van der Waals surface area contributed by atoms with E-state index < -0.39 is 11.9 Å². The van der Waals surface area contributed by atoms with E-state index in [-0.39, 0.29) is 0 Å². The van der Waals surface area contributed by atoms with E-state index in [1.807, 2.05) is 18.2 Å². The fourth-order valence-corrected chi connectivity index (χ4v) is 3.74. The maximum atomic E-state index is 12.4. The molecule has 3 N–H and O–H groups in total. The third kappa shape index (κ3) is 3.35. The summed E-state index contributed by atoms with van der Waals surface area (Å²) in [4.78, 5) is 17.0. The summed E-state index contributed by atoms with van der Waals surface area (Å²) in [7, 11) is 3.13. The molecule has 2 aromatic carbocycles. The lowest BCUT2D eigenvalue weighted by molar-refractivity contribution is -0.115. The average molecular weight is 426 g/mol. The minimum Gasteiger partial charge on any atom is -0.497 e. The van der Waals surface area contributed by atoms with Gasteiger partial charge in [-0.05, 0) is 31.2 Å². The zero-order valence-electron chi connectivity index (χ0n) is 16.6. The molecule has 1 aliphatic rings. The van der Waals surface area contributed by atoms with Crippen LogP contribution in [0.4, 0.5) is 5.95 Å². The molecule has 0 spiro atoms. The average Bonchev–Trinajstić information content (AvgIpc) is 3.15. The second kappa shape index (κ2) is 7.72. The zero-order valence-corrected chi connectivity index (χ0v) is 17.4. The van der Waals surface area contributed by atoms with Crippen LogP contribution in [-0.4, -0.2) is 34.9 Å². The van der Waals surface area contributed by atoms with Crippen molar-refractivity contribution in [2.45, 2.75) is 13.0 Å². The van der Waals surface area contributed by atoms with Crippen LogP contribution in [-0.2, 0) is 4.79 Å². The molecule has 0 aliphatic carbocycles. The molecule has 0 fully saturated rings. The molecule has 8 nitrogen and oxygen atoms in total. The van der Waals surface area contributed by atoms with Crippen LogP contribution in [0.3, 0.4) is 0 Å². The fourth-order valence-electron chi connectivity index (χ4n) is 3.55. The van der Waals surface area contributed by atoms with Crippen molar-refractivity contribution in [2.24, 2.45) is 5.73 Å². The largest absolute Gasteiger partial charge is 0.497 e. The summed E-state index contributed by atoms with van der Waals surface area (Å²) in [6.07, 6.45) is 0. The van der Waals surface area contributed by atoms with Gasteiger partial charge in [0.25, 0.3) is 0 Å². The molecule has 1 aromatic heterocycles. The Morgan fingerprint density at radius 3 is 2.67 bits per heavy atom. The Kier molecular flexibility index (Phi) is 5.09. The summed E-state index contributed by atoms with van der Waals surface area (Å²) < 4.78 is 12.5. The summed E-state index contributed by atoms with van der Waals surface area (Å²) in [5.41, 5.74) is 8.18. The van der Waals surface area contributed by atoms with Gasteiger partial charge in [0.1, 0.15) is 17.5 Å². The standard InChI is InChI=1S/C21H20ClN5O3/c1-11-17(19(23)28)18(15-8-7-14(29-2)10-16(15)30-3)27-21(24-11)25-20(26-27)12-5-4-6-13(22)9-12/h4-10,18H,1-3H3,(H2,23,28)(H,24,25,26). The summed E-state index contributed by atoms with van der Waals surface area (Å²) in [5, 5.41) is 8.36. The second-order valence-corrected chi connectivity index (χ2v) is 7.19. The number of ether oxygens (including phenoxy) is 2. The number of nitrogens with one attached hydrogen (secondary N) is 1. The first kappa shape index (κ1) is 19.8. The number of nitrogens with zero attached hydrogens (tertiary/aromatic N) is 3. The quantitative estimate of drug-likeness (QED) is 0.649. The molecule has 1 aliphatic heterocycles. The molecule has 0 bridgehead atoms. The Balaban J connectivity index is 1.92. The molecule has 1 amide bonds. The Bertz CT molecular complexity index is 1170. The molecule has 4 rings (SSSR count). The number of methoxy groups -OCH3 is 2. The van der Waals surface area contributed by atoms with Crippen molar-refractivity contribution in [3.63, 3.8) is 0 Å².